The van der Waals surface area contributed by atoms with Crippen molar-refractivity contribution >= 4 is 11.8 Å². The summed E-state index contributed by atoms with van der Waals surface area (Å²) in [6.07, 6.45) is 1.04. The van der Waals surface area contributed by atoms with Crippen molar-refractivity contribution in [2.75, 3.05) is 6.54 Å². The molecule has 0 radical (unpaired) electrons. The van der Waals surface area contributed by atoms with Crippen LogP contribution in [0.5, 0.6) is 0 Å². The molecule has 0 saturated heterocycles. The molecule has 2 aromatic rings. The topological polar surface area (TPSA) is 49.4 Å². The van der Waals surface area contributed by atoms with E-state index in [1.165, 1.54) is 11.1 Å². The Morgan fingerprint density at radius 1 is 0.906 bits per heavy atom. The molecular weight excluding hydrogens is 396 g/mol. The first-order chi connectivity index (χ1) is 15.0. The lowest BCUT2D eigenvalue weighted by Gasteiger charge is -2.29. The summed E-state index contributed by atoms with van der Waals surface area (Å²) in [6.45, 7) is 15.6. The molecule has 0 heterocycles. The molecule has 4 heteroatoms. The van der Waals surface area contributed by atoms with Crippen LogP contribution in [0.3, 0.4) is 0 Å². The Morgan fingerprint density at radius 2 is 1.47 bits per heavy atom. The van der Waals surface area contributed by atoms with E-state index in [-0.39, 0.29) is 17.2 Å². The molecule has 4 nitrogen and oxygen atoms in total. The second-order valence-electron chi connectivity index (χ2n) is 10.3. The molecule has 0 spiro atoms. The summed E-state index contributed by atoms with van der Waals surface area (Å²) < 4.78 is 0. The average Bonchev–Trinajstić information content (AvgIpc) is 2.74. The molecule has 174 valence electrons. The standard InChI is InChI=1S/C28H40N2O2/c1-20(2)18-29-27(32)22(4)30(19-24-10-8-21(3)9-11-24)26(31)17-14-23-12-15-25(16-13-23)28(5,6)7/h8-13,15-16,20,22H,14,17-19H2,1-7H3,(H,29,32). The minimum Gasteiger partial charge on any atom is -0.354 e. The van der Waals surface area contributed by atoms with Crippen LogP contribution in [0.15, 0.2) is 48.5 Å². The van der Waals surface area contributed by atoms with Crippen LogP contribution in [0.25, 0.3) is 0 Å². The third-order valence-corrected chi connectivity index (χ3v) is 5.77. The fourth-order valence-electron chi connectivity index (χ4n) is 3.49. The predicted molar refractivity (Wildman–Crippen MR) is 133 cm³/mol. The lowest BCUT2D eigenvalue weighted by atomic mass is 9.86. The van der Waals surface area contributed by atoms with E-state index in [4.69, 9.17) is 0 Å². The van der Waals surface area contributed by atoms with E-state index >= 15 is 0 Å². The summed E-state index contributed by atoms with van der Waals surface area (Å²) in [7, 11) is 0. The first-order valence-corrected chi connectivity index (χ1v) is 11.7. The second-order valence-corrected chi connectivity index (χ2v) is 10.3. The first-order valence-electron chi connectivity index (χ1n) is 11.7. The summed E-state index contributed by atoms with van der Waals surface area (Å²) in [4.78, 5) is 27.7. The van der Waals surface area contributed by atoms with Gasteiger partial charge in [-0.15, -0.1) is 0 Å². The molecule has 2 amide bonds. The van der Waals surface area contributed by atoms with Gasteiger partial charge in [0.1, 0.15) is 6.04 Å². The number of rotatable bonds is 9. The van der Waals surface area contributed by atoms with Gasteiger partial charge in [-0.2, -0.15) is 0 Å². The van der Waals surface area contributed by atoms with Crippen LogP contribution < -0.4 is 5.32 Å². The van der Waals surface area contributed by atoms with Crippen LogP contribution in [-0.2, 0) is 28.0 Å². The number of hydrogen-bond acceptors (Lipinski definition) is 2. The highest BCUT2D eigenvalue weighted by atomic mass is 16.2. The third-order valence-electron chi connectivity index (χ3n) is 5.77. The fraction of sp³-hybridized carbons (Fsp3) is 0.500. The van der Waals surface area contributed by atoms with Crippen molar-refractivity contribution in [3.8, 4) is 0 Å². The van der Waals surface area contributed by atoms with Gasteiger partial charge in [0.15, 0.2) is 0 Å². The number of amides is 2. The maximum Gasteiger partial charge on any atom is 0.242 e. The third kappa shape index (κ3) is 7.81. The zero-order chi connectivity index (χ0) is 23.9. The molecule has 1 unspecified atom stereocenters. The van der Waals surface area contributed by atoms with Crippen LogP contribution in [-0.4, -0.2) is 29.3 Å². The van der Waals surface area contributed by atoms with Crippen molar-refractivity contribution in [3.63, 3.8) is 0 Å². The van der Waals surface area contributed by atoms with Gasteiger partial charge in [0.2, 0.25) is 11.8 Å². The zero-order valence-electron chi connectivity index (χ0n) is 20.9. The molecule has 0 fully saturated rings. The summed E-state index contributed by atoms with van der Waals surface area (Å²) in [5, 5.41) is 2.97. The molecule has 32 heavy (non-hydrogen) atoms. The Labute approximate surface area is 194 Å². The monoisotopic (exact) mass is 436 g/mol. The summed E-state index contributed by atoms with van der Waals surface area (Å²) in [5.41, 5.74) is 4.73. The van der Waals surface area contributed by atoms with Gasteiger partial charge < -0.3 is 10.2 Å². The number of nitrogens with zero attached hydrogens (tertiary/aromatic N) is 1. The van der Waals surface area contributed by atoms with Gasteiger partial charge >= 0.3 is 0 Å². The van der Waals surface area contributed by atoms with E-state index in [1.54, 1.807) is 4.90 Å². The molecule has 0 aliphatic heterocycles. The molecule has 0 aliphatic carbocycles. The maximum atomic E-state index is 13.2. The van der Waals surface area contributed by atoms with E-state index in [0.29, 0.717) is 31.8 Å². The van der Waals surface area contributed by atoms with E-state index in [1.807, 2.05) is 38.1 Å². The molecule has 0 aromatic heterocycles. The molecule has 0 bridgehead atoms. The van der Waals surface area contributed by atoms with E-state index in [0.717, 1.165) is 11.1 Å². The van der Waals surface area contributed by atoms with Crippen LogP contribution >= 0.6 is 0 Å². The smallest absolute Gasteiger partial charge is 0.242 e. The Morgan fingerprint density at radius 3 is 2.00 bits per heavy atom. The largest absolute Gasteiger partial charge is 0.354 e. The van der Waals surface area contributed by atoms with Crippen molar-refractivity contribution in [3.05, 3.63) is 70.8 Å². The zero-order valence-corrected chi connectivity index (χ0v) is 20.9. The average molecular weight is 437 g/mol. The highest BCUT2D eigenvalue weighted by molar-refractivity contribution is 5.87. The van der Waals surface area contributed by atoms with Crippen molar-refractivity contribution in [2.24, 2.45) is 5.92 Å². The van der Waals surface area contributed by atoms with Gasteiger partial charge in [0, 0.05) is 19.5 Å². The quantitative estimate of drug-likeness (QED) is 0.571. The normalized spacial score (nSPS) is 12.5. The van der Waals surface area contributed by atoms with E-state index in [9.17, 15) is 9.59 Å². The number of hydrogen-bond donors (Lipinski definition) is 1. The fourth-order valence-corrected chi connectivity index (χ4v) is 3.49. The Bertz CT molecular complexity index is 877. The van der Waals surface area contributed by atoms with Crippen molar-refractivity contribution in [1.29, 1.82) is 0 Å². The summed E-state index contributed by atoms with van der Waals surface area (Å²) in [5.74, 6) is 0.259. The van der Waals surface area contributed by atoms with Gasteiger partial charge in [-0.3, -0.25) is 9.59 Å². The SMILES string of the molecule is Cc1ccc(CN(C(=O)CCc2ccc(C(C)(C)C)cc2)C(C)C(=O)NCC(C)C)cc1. The molecular formula is C28H40N2O2. The summed E-state index contributed by atoms with van der Waals surface area (Å²) in [6, 6.07) is 16.1. The van der Waals surface area contributed by atoms with Gasteiger partial charge in [-0.05, 0) is 48.3 Å². The Kier molecular flexibility index (Phi) is 9.06. The minimum absolute atomic E-state index is 0.00216. The number of nitrogens with one attached hydrogen (secondary N) is 1. The lowest BCUT2D eigenvalue weighted by Crippen LogP contribution is -2.48. The highest BCUT2D eigenvalue weighted by Gasteiger charge is 2.26. The van der Waals surface area contributed by atoms with Gasteiger partial charge in [-0.1, -0.05) is 88.7 Å². The number of aryl methyl sites for hydroxylation is 2. The number of carbonyl (C=O) groups excluding carboxylic acids is 2. The lowest BCUT2D eigenvalue weighted by molar-refractivity contribution is -0.140. The Hall–Kier alpha value is -2.62. The van der Waals surface area contributed by atoms with E-state index in [2.05, 4.69) is 64.2 Å². The summed E-state index contributed by atoms with van der Waals surface area (Å²) >= 11 is 0. The maximum absolute atomic E-state index is 13.2. The molecule has 1 atom stereocenters. The second kappa shape index (κ2) is 11.3. The van der Waals surface area contributed by atoms with Crippen LogP contribution in [0.1, 0.15) is 70.2 Å². The van der Waals surface area contributed by atoms with Crippen LogP contribution in [0, 0.1) is 12.8 Å². The molecule has 0 saturated carbocycles. The van der Waals surface area contributed by atoms with Crippen molar-refractivity contribution in [1.82, 2.24) is 10.2 Å². The number of carbonyl (C=O) groups is 2. The molecule has 2 aromatic carbocycles. The Balaban J connectivity index is 2.11. The highest BCUT2D eigenvalue weighted by Crippen LogP contribution is 2.22. The predicted octanol–water partition coefficient (Wildman–Crippen LogP) is 5.41. The first kappa shape index (κ1) is 25.6. The van der Waals surface area contributed by atoms with Crippen LogP contribution in [0.2, 0.25) is 0 Å². The van der Waals surface area contributed by atoms with Crippen LogP contribution in [0.4, 0.5) is 0 Å². The molecule has 0 aliphatic rings. The molecule has 2 rings (SSSR count). The molecule has 1 N–H and O–H groups in total. The van der Waals surface area contributed by atoms with Gasteiger partial charge in [-0.25, -0.2) is 0 Å². The van der Waals surface area contributed by atoms with E-state index < -0.39 is 6.04 Å². The van der Waals surface area contributed by atoms with Gasteiger partial charge in [0.05, 0.1) is 0 Å². The van der Waals surface area contributed by atoms with Gasteiger partial charge in [0.25, 0.3) is 0 Å². The van der Waals surface area contributed by atoms with Crippen molar-refractivity contribution < 1.29 is 9.59 Å². The minimum atomic E-state index is -0.522. The number of benzene rings is 2. The van der Waals surface area contributed by atoms with Crippen molar-refractivity contribution in [2.45, 2.75) is 79.3 Å².